The van der Waals surface area contributed by atoms with Gasteiger partial charge in [-0.15, -0.1) is 0 Å². The summed E-state index contributed by atoms with van der Waals surface area (Å²) >= 11 is 0. The van der Waals surface area contributed by atoms with Crippen molar-refractivity contribution in [1.82, 2.24) is 4.31 Å². The molecule has 116 valence electrons. The minimum Gasteiger partial charge on any atom is -0.398 e. The van der Waals surface area contributed by atoms with Crippen LogP contribution in [-0.4, -0.2) is 32.0 Å². The summed E-state index contributed by atoms with van der Waals surface area (Å²) in [6, 6.07) is 4.31. The normalized spacial score (nSPS) is 17.6. The van der Waals surface area contributed by atoms with E-state index in [1.54, 1.807) is 13.0 Å². The van der Waals surface area contributed by atoms with Crippen LogP contribution in [0.15, 0.2) is 34.7 Å². The highest BCUT2D eigenvalue weighted by atomic mass is 32.2. The predicted octanol–water partition coefficient (Wildman–Crippen LogP) is 2.46. The molecule has 0 spiro atoms. The van der Waals surface area contributed by atoms with Crippen LogP contribution < -0.4 is 5.73 Å². The van der Waals surface area contributed by atoms with Gasteiger partial charge in [-0.1, -0.05) is 12.1 Å². The number of anilines is 1. The Balaban J connectivity index is 2.26. The summed E-state index contributed by atoms with van der Waals surface area (Å²) < 4.78 is 63.4. The summed E-state index contributed by atoms with van der Waals surface area (Å²) in [5.41, 5.74) is 6.07. The zero-order chi connectivity index (χ0) is 15.8. The Kier molecular flexibility index (Phi) is 4.03. The fourth-order valence-corrected chi connectivity index (χ4v) is 3.47. The molecule has 4 nitrogen and oxygen atoms in total. The number of rotatable bonds is 2. The number of nitrogens with zero attached hydrogens (tertiary/aromatic N) is 1. The maximum Gasteiger partial charge on any atom is 0.412 e. The molecule has 21 heavy (non-hydrogen) atoms. The molecule has 0 saturated carbocycles. The lowest BCUT2D eigenvalue weighted by Gasteiger charge is -2.26. The summed E-state index contributed by atoms with van der Waals surface area (Å²) in [7, 11) is -3.83. The Morgan fingerprint density at radius 2 is 1.95 bits per heavy atom. The number of aryl methyl sites for hydroxylation is 1. The average Bonchev–Trinajstić information content (AvgIpc) is 2.41. The highest BCUT2D eigenvalue weighted by Gasteiger charge is 2.37. The van der Waals surface area contributed by atoms with Crippen LogP contribution in [-0.2, 0) is 10.0 Å². The zero-order valence-electron chi connectivity index (χ0n) is 11.3. The summed E-state index contributed by atoms with van der Waals surface area (Å²) in [6.45, 7) is 1.26. The highest BCUT2D eigenvalue weighted by molar-refractivity contribution is 7.89. The second-order valence-corrected chi connectivity index (χ2v) is 6.80. The van der Waals surface area contributed by atoms with Crippen LogP contribution in [0.5, 0.6) is 0 Å². The Morgan fingerprint density at radius 1 is 1.29 bits per heavy atom. The monoisotopic (exact) mass is 320 g/mol. The van der Waals surface area contributed by atoms with Gasteiger partial charge in [-0.25, -0.2) is 8.42 Å². The van der Waals surface area contributed by atoms with E-state index in [-0.39, 0.29) is 24.4 Å². The van der Waals surface area contributed by atoms with Gasteiger partial charge in [0.25, 0.3) is 0 Å². The minimum atomic E-state index is -4.40. The molecule has 0 bridgehead atoms. The number of nitrogen functional groups attached to an aromatic ring is 1. The van der Waals surface area contributed by atoms with Crippen LogP contribution in [0.3, 0.4) is 0 Å². The lowest BCUT2D eigenvalue weighted by molar-refractivity contribution is -0.0953. The highest BCUT2D eigenvalue weighted by Crippen LogP contribution is 2.32. The van der Waals surface area contributed by atoms with Gasteiger partial charge in [0.05, 0.1) is 4.90 Å². The molecule has 2 rings (SSSR count). The first-order chi connectivity index (χ1) is 9.62. The van der Waals surface area contributed by atoms with Crippen molar-refractivity contribution in [3.05, 3.63) is 35.4 Å². The summed E-state index contributed by atoms with van der Waals surface area (Å²) in [5, 5.41) is 0. The molecule has 0 atom stereocenters. The standard InChI is InChI=1S/C13H15F3N2O2S/c1-9-2-3-11(8-12(9)17)21(19,20)18-6-4-10(5-7-18)13(14,15)16/h2-4,8H,5-7,17H2,1H3. The summed E-state index contributed by atoms with van der Waals surface area (Å²) in [5.74, 6) is 0. The van der Waals surface area contributed by atoms with E-state index < -0.39 is 21.8 Å². The Labute approximate surface area is 121 Å². The lowest BCUT2D eigenvalue weighted by atomic mass is 10.1. The largest absolute Gasteiger partial charge is 0.412 e. The molecular weight excluding hydrogens is 305 g/mol. The van der Waals surface area contributed by atoms with E-state index in [4.69, 9.17) is 5.73 Å². The fourth-order valence-electron chi connectivity index (χ4n) is 2.05. The van der Waals surface area contributed by atoms with E-state index in [1.165, 1.54) is 12.1 Å². The number of alkyl halides is 3. The molecule has 0 aromatic heterocycles. The van der Waals surface area contributed by atoms with Gasteiger partial charge >= 0.3 is 6.18 Å². The van der Waals surface area contributed by atoms with E-state index >= 15 is 0 Å². The molecule has 1 aliphatic heterocycles. The number of halogens is 3. The Morgan fingerprint density at radius 3 is 2.43 bits per heavy atom. The predicted molar refractivity (Wildman–Crippen MR) is 73.1 cm³/mol. The van der Waals surface area contributed by atoms with Crippen molar-refractivity contribution in [2.45, 2.75) is 24.4 Å². The van der Waals surface area contributed by atoms with Crippen LogP contribution in [0, 0.1) is 6.92 Å². The Hall–Kier alpha value is -1.54. The molecular formula is C13H15F3N2O2S. The van der Waals surface area contributed by atoms with Crippen molar-refractivity contribution >= 4 is 15.7 Å². The van der Waals surface area contributed by atoms with Crippen LogP contribution in [0.2, 0.25) is 0 Å². The van der Waals surface area contributed by atoms with E-state index in [0.29, 0.717) is 5.69 Å². The first-order valence-electron chi connectivity index (χ1n) is 6.25. The number of sulfonamides is 1. The van der Waals surface area contributed by atoms with Crippen molar-refractivity contribution in [3.8, 4) is 0 Å². The molecule has 2 N–H and O–H groups in total. The number of nitrogens with two attached hydrogens (primary N) is 1. The van der Waals surface area contributed by atoms with Gasteiger partial charge in [0.2, 0.25) is 10.0 Å². The zero-order valence-corrected chi connectivity index (χ0v) is 12.1. The maximum atomic E-state index is 12.5. The first kappa shape index (κ1) is 15.8. The quantitative estimate of drug-likeness (QED) is 0.672. The van der Waals surface area contributed by atoms with Crippen molar-refractivity contribution in [3.63, 3.8) is 0 Å². The third-order valence-corrected chi connectivity index (χ3v) is 5.29. The summed E-state index contributed by atoms with van der Waals surface area (Å²) in [4.78, 5) is -0.00513. The van der Waals surface area contributed by atoms with Gasteiger partial charge in [-0.2, -0.15) is 17.5 Å². The topological polar surface area (TPSA) is 63.4 Å². The van der Waals surface area contributed by atoms with Crippen molar-refractivity contribution < 1.29 is 21.6 Å². The van der Waals surface area contributed by atoms with Crippen LogP contribution in [0.25, 0.3) is 0 Å². The number of benzene rings is 1. The van der Waals surface area contributed by atoms with Gasteiger partial charge in [0, 0.05) is 24.4 Å². The van der Waals surface area contributed by atoms with Crippen molar-refractivity contribution in [2.24, 2.45) is 0 Å². The van der Waals surface area contributed by atoms with E-state index in [1.807, 2.05) is 0 Å². The van der Waals surface area contributed by atoms with Gasteiger partial charge < -0.3 is 5.73 Å². The van der Waals surface area contributed by atoms with Gasteiger partial charge in [-0.05, 0) is 31.0 Å². The fraction of sp³-hybridized carbons (Fsp3) is 0.385. The van der Waals surface area contributed by atoms with E-state index in [2.05, 4.69) is 0 Å². The third-order valence-electron chi connectivity index (χ3n) is 3.42. The molecule has 0 unspecified atom stereocenters. The molecule has 1 aromatic rings. The molecule has 0 amide bonds. The van der Waals surface area contributed by atoms with Crippen LogP contribution >= 0.6 is 0 Å². The van der Waals surface area contributed by atoms with E-state index in [9.17, 15) is 21.6 Å². The number of hydrogen-bond donors (Lipinski definition) is 1. The van der Waals surface area contributed by atoms with Crippen LogP contribution in [0.4, 0.5) is 18.9 Å². The SMILES string of the molecule is Cc1ccc(S(=O)(=O)N2CC=C(C(F)(F)F)CC2)cc1N. The molecule has 0 fully saturated rings. The molecule has 0 aliphatic carbocycles. The van der Waals surface area contributed by atoms with Gasteiger partial charge in [0.15, 0.2) is 0 Å². The third kappa shape index (κ3) is 3.21. The Bertz CT molecular complexity index is 681. The molecule has 1 aliphatic rings. The molecule has 1 heterocycles. The molecule has 0 saturated heterocycles. The first-order valence-corrected chi connectivity index (χ1v) is 7.69. The van der Waals surface area contributed by atoms with E-state index in [0.717, 1.165) is 15.9 Å². The lowest BCUT2D eigenvalue weighted by Crippen LogP contribution is -2.36. The van der Waals surface area contributed by atoms with Gasteiger partial charge in [0.1, 0.15) is 0 Å². The smallest absolute Gasteiger partial charge is 0.398 e. The van der Waals surface area contributed by atoms with Crippen molar-refractivity contribution in [2.75, 3.05) is 18.8 Å². The molecule has 0 radical (unpaired) electrons. The minimum absolute atomic E-state index is 0.00513. The molecule has 1 aromatic carbocycles. The average molecular weight is 320 g/mol. The second-order valence-electron chi connectivity index (χ2n) is 4.86. The number of hydrogen-bond acceptors (Lipinski definition) is 3. The second kappa shape index (κ2) is 5.34. The van der Waals surface area contributed by atoms with Gasteiger partial charge in [-0.3, -0.25) is 0 Å². The molecule has 8 heteroatoms. The van der Waals surface area contributed by atoms with Crippen LogP contribution in [0.1, 0.15) is 12.0 Å². The maximum absolute atomic E-state index is 12.5. The summed E-state index contributed by atoms with van der Waals surface area (Å²) in [6.07, 6.45) is -3.83. The van der Waals surface area contributed by atoms with Crippen molar-refractivity contribution in [1.29, 1.82) is 0 Å².